The molecule has 1 atom stereocenters. The number of nitrogens with one attached hydrogen (secondary N) is 2. The van der Waals surface area contributed by atoms with Crippen LogP contribution in [-0.4, -0.2) is 23.4 Å². The molecule has 5 aliphatic rings. The lowest BCUT2D eigenvalue weighted by molar-refractivity contribution is -0.133. The molecule has 4 bridgehead atoms. The van der Waals surface area contributed by atoms with E-state index in [0.29, 0.717) is 5.92 Å². The van der Waals surface area contributed by atoms with Crippen molar-refractivity contribution in [2.75, 3.05) is 0 Å². The highest BCUT2D eigenvalue weighted by Gasteiger charge is 2.52. The minimum Gasteiger partial charge on any atom is -0.349 e. The molecule has 5 saturated carbocycles. The Labute approximate surface area is 139 Å². The average molecular weight is 318 g/mol. The number of hydrogen-bond donors (Lipinski definition) is 2. The van der Waals surface area contributed by atoms with E-state index in [1.54, 1.807) is 0 Å². The van der Waals surface area contributed by atoms with Gasteiger partial charge in [-0.3, -0.25) is 9.59 Å². The second-order valence-corrected chi connectivity index (χ2v) is 8.91. The first kappa shape index (κ1) is 15.5. The second kappa shape index (κ2) is 5.78. The summed E-state index contributed by atoms with van der Waals surface area (Å²) in [4.78, 5) is 24.6. The van der Waals surface area contributed by atoms with Gasteiger partial charge >= 0.3 is 0 Å². The standard InChI is InChI=1S/C19H30N2O2/c1-12(22)20-17(16-4-2-3-5-16)18(23)21-19-9-13-6-14(10-19)8-15(7-13)11-19/h13-17H,2-11H2,1H3,(H,20,22)(H,21,23)/t13?,14?,15?,17-,19?/m0/s1. The van der Waals surface area contributed by atoms with E-state index >= 15 is 0 Å². The maximum Gasteiger partial charge on any atom is 0.243 e. The molecule has 4 heteroatoms. The van der Waals surface area contributed by atoms with Crippen molar-refractivity contribution >= 4 is 11.8 Å². The summed E-state index contributed by atoms with van der Waals surface area (Å²) in [5.41, 5.74) is 0.0428. The SMILES string of the molecule is CC(=O)N[C@H](C(=O)NC12CC3CC(CC(C3)C1)C2)C1CCCC1. The second-order valence-electron chi connectivity index (χ2n) is 8.91. The number of hydrogen-bond acceptors (Lipinski definition) is 2. The molecule has 5 fully saturated rings. The summed E-state index contributed by atoms with van der Waals surface area (Å²) in [6.07, 6.45) is 12.2. The third-order valence-corrected chi connectivity index (χ3v) is 6.94. The topological polar surface area (TPSA) is 58.2 Å². The fourth-order valence-corrected chi connectivity index (χ4v) is 6.51. The normalized spacial score (nSPS) is 40.1. The van der Waals surface area contributed by atoms with Crippen molar-refractivity contribution in [3.05, 3.63) is 0 Å². The number of rotatable bonds is 4. The van der Waals surface area contributed by atoms with Gasteiger partial charge in [0.15, 0.2) is 0 Å². The molecule has 5 rings (SSSR count). The van der Waals surface area contributed by atoms with E-state index in [0.717, 1.165) is 30.6 Å². The Morgan fingerprint density at radius 1 is 0.957 bits per heavy atom. The van der Waals surface area contributed by atoms with Crippen molar-refractivity contribution in [2.45, 2.75) is 82.7 Å². The first-order chi connectivity index (χ1) is 11.0. The van der Waals surface area contributed by atoms with Gasteiger partial charge in [0.2, 0.25) is 11.8 Å². The van der Waals surface area contributed by atoms with E-state index in [1.807, 2.05) is 0 Å². The van der Waals surface area contributed by atoms with Crippen LogP contribution in [-0.2, 0) is 9.59 Å². The predicted octanol–water partition coefficient (Wildman–Crippen LogP) is 2.77. The van der Waals surface area contributed by atoms with Gasteiger partial charge in [-0.15, -0.1) is 0 Å². The number of carbonyl (C=O) groups excluding carboxylic acids is 2. The summed E-state index contributed by atoms with van der Waals surface area (Å²) < 4.78 is 0. The molecule has 0 aromatic carbocycles. The van der Waals surface area contributed by atoms with E-state index in [9.17, 15) is 9.59 Å². The van der Waals surface area contributed by atoms with Crippen LogP contribution in [0.25, 0.3) is 0 Å². The van der Waals surface area contributed by atoms with E-state index in [2.05, 4.69) is 10.6 Å². The van der Waals surface area contributed by atoms with E-state index < -0.39 is 0 Å². The van der Waals surface area contributed by atoms with Gasteiger partial charge in [0.05, 0.1) is 0 Å². The highest BCUT2D eigenvalue weighted by Crippen LogP contribution is 2.55. The fourth-order valence-electron chi connectivity index (χ4n) is 6.51. The van der Waals surface area contributed by atoms with Gasteiger partial charge in [0.25, 0.3) is 0 Å². The zero-order chi connectivity index (χ0) is 16.0. The van der Waals surface area contributed by atoms with Gasteiger partial charge < -0.3 is 10.6 Å². The van der Waals surface area contributed by atoms with Crippen molar-refractivity contribution in [2.24, 2.45) is 23.7 Å². The van der Waals surface area contributed by atoms with Crippen LogP contribution in [0.5, 0.6) is 0 Å². The molecule has 0 aromatic rings. The Kier molecular flexibility index (Phi) is 3.89. The molecule has 4 nitrogen and oxygen atoms in total. The lowest BCUT2D eigenvalue weighted by Crippen LogP contribution is -2.63. The zero-order valence-corrected chi connectivity index (χ0v) is 14.3. The largest absolute Gasteiger partial charge is 0.349 e. The van der Waals surface area contributed by atoms with Crippen LogP contribution in [0.15, 0.2) is 0 Å². The maximum absolute atomic E-state index is 13.0. The van der Waals surface area contributed by atoms with Crippen molar-refractivity contribution < 1.29 is 9.59 Å². The van der Waals surface area contributed by atoms with Crippen LogP contribution in [0.2, 0.25) is 0 Å². The summed E-state index contributed by atoms with van der Waals surface area (Å²) in [5.74, 6) is 2.82. The lowest BCUT2D eigenvalue weighted by atomic mass is 9.53. The average Bonchev–Trinajstić information content (AvgIpc) is 2.96. The van der Waals surface area contributed by atoms with Gasteiger partial charge in [0.1, 0.15) is 6.04 Å². The smallest absolute Gasteiger partial charge is 0.243 e. The summed E-state index contributed by atoms with van der Waals surface area (Å²) in [6, 6.07) is -0.317. The van der Waals surface area contributed by atoms with Crippen molar-refractivity contribution in [1.29, 1.82) is 0 Å². The van der Waals surface area contributed by atoms with Gasteiger partial charge in [-0.05, 0) is 75.0 Å². The summed E-state index contributed by atoms with van der Waals surface area (Å²) >= 11 is 0. The summed E-state index contributed by atoms with van der Waals surface area (Å²) in [7, 11) is 0. The molecule has 0 spiro atoms. The van der Waals surface area contributed by atoms with Crippen LogP contribution >= 0.6 is 0 Å². The van der Waals surface area contributed by atoms with Crippen LogP contribution in [0, 0.1) is 23.7 Å². The Balaban J connectivity index is 1.47. The minimum absolute atomic E-state index is 0.0428. The Morgan fingerprint density at radius 3 is 1.96 bits per heavy atom. The first-order valence-corrected chi connectivity index (χ1v) is 9.62. The molecule has 2 amide bonds. The van der Waals surface area contributed by atoms with Gasteiger partial charge in [0, 0.05) is 12.5 Å². The Bertz CT molecular complexity index is 460. The highest BCUT2D eigenvalue weighted by molar-refractivity contribution is 5.87. The van der Waals surface area contributed by atoms with Crippen LogP contribution in [0.1, 0.15) is 71.1 Å². The van der Waals surface area contributed by atoms with Crippen LogP contribution in [0.3, 0.4) is 0 Å². The van der Waals surface area contributed by atoms with Gasteiger partial charge in [-0.1, -0.05) is 12.8 Å². The molecule has 0 heterocycles. The molecule has 5 aliphatic carbocycles. The first-order valence-electron chi connectivity index (χ1n) is 9.62. The molecule has 0 aromatic heterocycles. The Hall–Kier alpha value is -1.06. The van der Waals surface area contributed by atoms with E-state index in [-0.39, 0.29) is 23.4 Å². The molecule has 128 valence electrons. The van der Waals surface area contributed by atoms with Crippen molar-refractivity contribution in [1.82, 2.24) is 10.6 Å². The number of amides is 2. The number of carbonyl (C=O) groups is 2. The molecule has 0 saturated heterocycles. The monoisotopic (exact) mass is 318 g/mol. The third kappa shape index (κ3) is 3.01. The summed E-state index contributed by atoms with van der Waals surface area (Å²) in [5, 5.41) is 6.41. The molecule has 0 unspecified atom stereocenters. The molecule has 2 N–H and O–H groups in total. The van der Waals surface area contributed by atoms with E-state index in [4.69, 9.17) is 0 Å². The van der Waals surface area contributed by atoms with E-state index in [1.165, 1.54) is 58.3 Å². The van der Waals surface area contributed by atoms with Gasteiger partial charge in [-0.25, -0.2) is 0 Å². The molecular formula is C19H30N2O2. The lowest BCUT2D eigenvalue weighted by Gasteiger charge is -2.57. The van der Waals surface area contributed by atoms with Crippen LogP contribution in [0.4, 0.5) is 0 Å². The molecular weight excluding hydrogens is 288 g/mol. The van der Waals surface area contributed by atoms with Gasteiger partial charge in [-0.2, -0.15) is 0 Å². The third-order valence-electron chi connectivity index (χ3n) is 6.94. The Morgan fingerprint density at radius 2 is 1.48 bits per heavy atom. The zero-order valence-electron chi connectivity index (χ0n) is 14.3. The summed E-state index contributed by atoms with van der Waals surface area (Å²) in [6.45, 7) is 1.53. The highest BCUT2D eigenvalue weighted by atomic mass is 16.2. The molecule has 0 aliphatic heterocycles. The van der Waals surface area contributed by atoms with Crippen LogP contribution < -0.4 is 10.6 Å². The quantitative estimate of drug-likeness (QED) is 0.837. The van der Waals surface area contributed by atoms with Crippen molar-refractivity contribution in [3.8, 4) is 0 Å². The predicted molar refractivity (Wildman–Crippen MR) is 88.6 cm³/mol. The fraction of sp³-hybridized carbons (Fsp3) is 0.895. The minimum atomic E-state index is -0.317. The molecule has 0 radical (unpaired) electrons. The van der Waals surface area contributed by atoms with Crippen molar-refractivity contribution in [3.63, 3.8) is 0 Å². The molecule has 23 heavy (non-hydrogen) atoms. The maximum atomic E-state index is 13.0.